The zero-order chi connectivity index (χ0) is 16.2. The van der Waals surface area contributed by atoms with Crippen molar-refractivity contribution in [2.24, 2.45) is 0 Å². The van der Waals surface area contributed by atoms with Crippen LogP contribution in [0.5, 0.6) is 0 Å². The van der Waals surface area contributed by atoms with E-state index >= 15 is 0 Å². The average molecular weight is 303 g/mol. The molecule has 0 saturated carbocycles. The molecule has 2 heterocycles. The van der Waals surface area contributed by atoms with Crippen molar-refractivity contribution in [3.05, 3.63) is 47.9 Å². The molecule has 1 unspecified atom stereocenters. The van der Waals surface area contributed by atoms with Gasteiger partial charge in [0.2, 0.25) is 5.89 Å². The van der Waals surface area contributed by atoms with Crippen molar-refractivity contribution in [1.82, 2.24) is 14.9 Å². The largest absolute Gasteiger partial charge is 0.443 e. The Balaban J connectivity index is 2.15. The van der Waals surface area contributed by atoms with E-state index in [1.807, 2.05) is 25.3 Å². The molecule has 2 rings (SSSR count). The molecule has 0 aromatic carbocycles. The lowest BCUT2D eigenvalue weighted by Gasteiger charge is -2.26. The van der Waals surface area contributed by atoms with Gasteiger partial charge in [0.15, 0.2) is 0 Å². The Bertz CT molecular complexity index is 575. The van der Waals surface area contributed by atoms with Crippen LogP contribution in [0.4, 0.5) is 0 Å². The minimum absolute atomic E-state index is 0.0107. The molecule has 0 aliphatic heterocycles. The zero-order valence-corrected chi connectivity index (χ0v) is 13.8. The molecule has 120 valence electrons. The molecular formula is C17H25N3O2. The maximum Gasteiger partial charge on any atom is 0.211 e. The van der Waals surface area contributed by atoms with Crippen LogP contribution in [0.1, 0.15) is 51.0 Å². The number of nitrogens with zero attached hydrogens (tertiary/aromatic N) is 3. The molecule has 0 aliphatic rings. The smallest absolute Gasteiger partial charge is 0.211 e. The maximum atomic E-state index is 9.34. The van der Waals surface area contributed by atoms with Gasteiger partial charge in [-0.05, 0) is 18.6 Å². The number of aliphatic hydroxyl groups is 1. The molecule has 2 aromatic heterocycles. The van der Waals surface area contributed by atoms with Crippen LogP contribution in [-0.4, -0.2) is 33.1 Å². The lowest BCUT2D eigenvalue weighted by Crippen LogP contribution is -2.29. The van der Waals surface area contributed by atoms with Gasteiger partial charge in [-0.1, -0.05) is 26.8 Å². The molecule has 0 spiro atoms. The zero-order valence-electron chi connectivity index (χ0n) is 13.8. The normalized spacial score (nSPS) is 13.5. The highest BCUT2D eigenvalue weighted by Gasteiger charge is 2.24. The predicted molar refractivity (Wildman–Crippen MR) is 85.4 cm³/mol. The van der Waals surface area contributed by atoms with Crippen LogP contribution < -0.4 is 0 Å². The number of hydrogen-bond donors (Lipinski definition) is 1. The summed E-state index contributed by atoms with van der Waals surface area (Å²) in [5.41, 5.74) is 1.04. The lowest BCUT2D eigenvalue weighted by atomic mass is 9.94. The van der Waals surface area contributed by atoms with Gasteiger partial charge in [0.1, 0.15) is 5.76 Å². The molecule has 0 amide bonds. The van der Waals surface area contributed by atoms with Gasteiger partial charge in [-0.2, -0.15) is 0 Å². The molecule has 0 radical (unpaired) electrons. The number of pyridine rings is 1. The van der Waals surface area contributed by atoms with Crippen LogP contribution in [0.15, 0.2) is 35.1 Å². The third kappa shape index (κ3) is 4.15. The first-order valence-corrected chi connectivity index (χ1v) is 7.62. The second-order valence-electron chi connectivity index (χ2n) is 6.54. The third-order valence-corrected chi connectivity index (χ3v) is 3.66. The number of aliphatic hydroxyl groups excluding tert-OH is 1. The summed E-state index contributed by atoms with van der Waals surface area (Å²) in [5.74, 6) is 1.56. The number of oxazole rings is 1. The Morgan fingerprint density at radius 3 is 2.64 bits per heavy atom. The van der Waals surface area contributed by atoms with E-state index in [0.29, 0.717) is 19.0 Å². The quantitative estimate of drug-likeness (QED) is 0.889. The summed E-state index contributed by atoms with van der Waals surface area (Å²) in [6, 6.07) is 3.93. The summed E-state index contributed by atoms with van der Waals surface area (Å²) in [6.07, 6.45) is 5.40. The van der Waals surface area contributed by atoms with Gasteiger partial charge in [-0.15, -0.1) is 0 Å². The highest BCUT2D eigenvalue weighted by Crippen LogP contribution is 2.27. The van der Waals surface area contributed by atoms with Gasteiger partial charge in [0.05, 0.1) is 18.8 Å². The first-order chi connectivity index (χ1) is 10.4. The van der Waals surface area contributed by atoms with Crippen LogP contribution >= 0.6 is 0 Å². The van der Waals surface area contributed by atoms with Crippen LogP contribution in [0.3, 0.4) is 0 Å². The van der Waals surface area contributed by atoms with Crippen LogP contribution in [0.2, 0.25) is 0 Å². The molecule has 5 nitrogen and oxygen atoms in total. The van der Waals surface area contributed by atoms with Crippen molar-refractivity contribution in [2.75, 3.05) is 13.2 Å². The van der Waals surface area contributed by atoms with Gasteiger partial charge in [0, 0.05) is 30.9 Å². The predicted octanol–water partition coefficient (Wildman–Crippen LogP) is 2.92. The van der Waals surface area contributed by atoms with Crippen LogP contribution in [-0.2, 0) is 12.0 Å². The van der Waals surface area contributed by atoms with E-state index in [2.05, 4.69) is 35.6 Å². The molecule has 2 aromatic rings. The van der Waals surface area contributed by atoms with Gasteiger partial charge < -0.3 is 9.52 Å². The number of rotatable bonds is 6. The number of hydrogen-bond acceptors (Lipinski definition) is 5. The second kappa shape index (κ2) is 7.03. The fourth-order valence-corrected chi connectivity index (χ4v) is 2.25. The minimum Gasteiger partial charge on any atom is -0.443 e. The SMILES string of the molecule is CC(c1ncc(C(C)(C)C)o1)N(CCO)Cc1cccnc1. The van der Waals surface area contributed by atoms with Crippen molar-refractivity contribution in [3.8, 4) is 0 Å². The van der Waals surface area contributed by atoms with Crippen molar-refractivity contribution < 1.29 is 9.52 Å². The Hall–Kier alpha value is -1.72. The van der Waals surface area contributed by atoms with Crippen molar-refractivity contribution in [2.45, 2.75) is 45.7 Å². The fourth-order valence-electron chi connectivity index (χ4n) is 2.25. The van der Waals surface area contributed by atoms with Gasteiger partial charge >= 0.3 is 0 Å². The van der Waals surface area contributed by atoms with E-state index in [9.17, 15) is 5.11 Å². The van der Waals surface area contributed by atoms with Crippen LogP contribution in [0.25, 0.3) is 0 Å². The van der Waals surface area contributed by atoms with E-state index in [0.717, 1.165) is 11.3 Å². The second-order valence-corrected chi connectivity index (χ2v) is 6.54. The maximum absolute atomic E-state index is 9.34. The molecule has 0 aliphatic carbocycles. The number of aromatic nitrogens is 2. The first-order valence-electron chi connectivity index (χ1n) is 7.62. The highest BCUT2D eigenvalue weighted by atomic mass is 16.4. The summed E-state index contributed by atoms with van der Waals surface area (Å²) < 4.78 is 5.92. The monoisotopic (exact) mass is 303 g/mol. The Morgan fingerprint density at radius 2 is 2.09 bits per heavy atom. The van der Waals surface area contributed by atoms with E-state index in [-0.39, 0.29) is 18.1 Å². The van der Waals surface area contributed by atoms with Crippen molar-refractivity contribution in [3.63, 3.8) is 0 Å². The van der Waals surface area contributed by atoms with E-state index in [1.165, 1.54) is 0 Å². The highest BCUT2D eigenvalue weighted by molar-refractivity contribution is 5.10. The minimum atomic E-state index is -0.0594. The van der Waals surface area contributed by atoms with Gasteiger partial charge in [-0.3, -0.25) is 9.88 Å². The van der Waals surface area contributed by atoms with Crippen molar-refractivity contribution >= 4 is 0 Å². The summed E-state index contributed by atoms with van der Waals surface area (Å²) in [4.78, 5) is 10.7. The van der Waals surface area contributed by atoms with Crippen molar-refractivity contribution in [1.29, 1.82) is 0 Å². The lowest BCUT2D eigenvalue weighted by molar-refractivity contribution is 0.133. The molecule has 5 heteroatoms. The molecule has 0 fully saturated rings. The Labute approximate surface area is 132 Å². The first kappa shape index (κ1) is 16.6. The van der Waals surface area contributed by atoms with E-state index in [1.54, 1.807) is 12.4 Å². The molecule has 1 atom stereocenters. The Kier molecular flexibility index (Phi) is 5.32. The van der Waals surface area contributed by atoms with E-state index < -0.39 is 0 Å². The molecule has 1 N–H and O–H groups in total. The molecule has 0 saturated heterocycles. The fraction of sp³-hybridized carbons (Fsp3) is 0.529. The summed E-state index contributed by atoms with van der Waals surface area (Å²) in [6.45, 7) is 9.70. The standard InChI is InChI=1S/C17H25N3O2/c1-13(16-19-11-15(22-16)17(2,3)4)20(8-9-21)12-14-6-5-7-18-10-14/h5-7,10-11,13,21H,8-9,12H2,1-4H3. The molecule has 0 bridgehead atoms. The molecular weight excluding hydrogens is 278 g/mol. The summed E-state index contributed by atoms with van der Waals surface area (Å²) in [5, 5.41) is 9.34. The van der Waals surface area contributed by atoms with E-state index in [4.69, 9.17) is 4.42 Å². The van der Waals surface area contributed by atoms with Gasteiger partial charge in [0.25, 0.3) is 0 Å². The summed E-state index contributed by atoms with van der Waals surface area (Å²) >= 11 is 0. The Morgan fingerprint density at radius 1 is 1.32 bits per heavy atom. The third-order valence-electron chi connectivity index (χ3n) is 3.66. The van der Waals surface area contributed by atoms with Gasteiger partial charge in [-0.25, -0.2) is 4.98 Å². The van der Waals surface area contributed by atoms with Crippen LogP contribution in [0, 0.1) is 0 Å². The summed E-state index contributed by atoms with van der Waals surface area (Å²) in [7, 11) is 0. The topological polar surface area (TPSA) is 62.4 Å². The molecule has 22 heavy (non-hydrogen) atoms. The average Bonchev–Trinajstić information content (AvgIpc) is 2.97.